The number of benzene rings is 2. The Bertz CT molecular complexity index is 1070. The van der Waals surface area contributed by atoms with Gasteiger partial charge in [-0.15, -0.1) is 0 Å². The van der Waals surface area contributed by atoms with Gasteiger partial charge in [0, 0.05) is 54.9 Å². The number of nitrogens with zero attached hydrogens (tertiary/aromatic N) is 2. The van der Waals surface area contributed by atoms with Crippen molar-refractivity contribution in [2.45, 2.75) is 30.8 Å². The van der Waals surface area contributed by atoms with Crippen LogP contribution in [0, 0.1) is 0 Å². The van der Waals surface area contributed by atoms with Gasteiger partial charge >= 0.3 is 0 Å². The predicted octanol–water partition coefficient (Wildman–Crippen LogP) is 3.21. The van der Waals surface area contributed by atoms with Crippen molar-refractivity contribution in [3.05, 3.63) is 52.5 Å². The van der Waals surface area contributed by atoms with Crippen molar-refractivity contribution in [1.29, 1.82) is 0 Å². The summed E-state index contributed by atoms with van der Waals surface area (Å²) in [4.78, 5) is 30.2. The number of amides is 2. The molecular weight excluding hydrogens is 418 g/mol. The van der Waals surface area contributed by atoms with Gasteiger partial charge in [-0.3, -0.25) is 14.5 Å². The molecule has 1 fully saturated rings. The molecule has 162 valence electrons. The lowest BCUT2D eigenvalue weighted by Gasteiger charge is -2.41. The molecule has 3 aliphatic heterocycles. The molecule has 31 heavy (non-hydrogen) atoms. The molecular formula is C23H24ClN3O4. The fourth-order valence-electron chi connectivity index (χ4n) is 5.06. The Labute approximate surface area is 185 Å². The molecule has 0 aliphatic carbocycles. The highest BCUT2D eigenvalue weighted by atomic mass is 35.5. The van der Waals surface area contributed by atoms with E-state index in [1.165, 1.54) is 0 Å². The third-order valence-corrected chi connectivity index (χ3v) is 6.69. The van der Waals surface area contributed by atoms with Gasteiger partial charge in [0.25, 0.3) is 5.91 Å². The SMILES string of the molecule is CN(C)C(=O)C[C@@H]1CCCN1C1(c2cccc3c2OCO3)C(=O)Nc2ccc(Cl)cc21. The van der Waals surface area contributed by atoms with Crippen molar-refractivity contribution in [3.8, 4) is 11.5 Å². The van der Waals surface area contributed by atoms with Crippen molar-refractivity contribution in [1.82, 2.24) is 9.80 Å². The molecule has 2 aromatic rings. The number of carbonyl (C=O) groups excluding carboxylic acids is 2. The molecule has 2 amide bonds. The first-order valence-electron chi connectivity index (χ1n) is 10.4. The second-order valence-corrected chi connectivity index (χ2v) is 8.81. The highest BCUT2D eigenvalue weighted by Crippen LogP contribution is 2.53. The number of para-hydroxylation sites is 1. The van der Waals surface area contributed by atoms with Crippen LogP contribution >= 0.6 is 11.6 Å². The first-order chi connectivity index (χ1) is 14.9. The molecule has 0 aromatic heterocycles. The minimum absolute atomic E-state index is 0.0367. The smallest absolute Gasteiger partial charge is 0.254 e. The number of rotatable bonds is 4. The zero-order valence-corrected chi connectivity index (χ0v) is 18.2. The van der Waals surface area contributed by atoms with Gasteiger partial charge in [-0.2, -0.15) is 0 Å². The Morgan fingerprint density at radius 1 is 1.26 bits per heavy atom. The predicted molar refractivity (Wildman–Crippen MR) is 116 cm³/mol. The van der Waals surface area contributed by atoms with Crippen molar-refractivity contribution in [2.75, 3.05) is 32.7 Å². The Kier molecular flexibility index (Phi) is 4.83. The first kappa shape index (κ1) is 20.2. The van der Waals surface area contributed by atoms with Crippen LogP contribution < -0.4 is 14.8 Å². The minimum atomic E-state index is -1.16. The summed E-state index contributed by atoms with van der Waals surface area (Å²) in [5.74, 6) is 1.04. The molecule has 0 spiro atoms. The van der Waals surface area contributed by atoms with Gasteiger partial charge in [-0.25, -0.2) is 0 Å². The number of halogens is 1. The highest BCUT2D eigenvalue weighted by Gasteiger charge is 2.57. The summed E-state index contributed by atoms with van der Waals surface area (Å²) in [6, 6.07) is 11.0. The molecule has 0 saturated carbocycles. The van der Waals surface area contributed by atoms with Crippen molar-refractivity contribution in [3.63, 3.8) is 0 Å². The van der Waals surface area contributed by atoms with Crippen LogP contribution in [0.15, 0.2) is 36.4 Å². The number of hydrogen-bond donors (Lipinski definition) is 1. The van der Waals surface area contributed by atoms with E-state index in [1.54, 1.807) is 25.1 Å². The monoisotopic (exact) mass is 441 g/mol. The second-order valence-electron chi connectivity index (χ2n) is 8.38. The number of anilines is 1. The fourth-order valence-corrected chi connectivity index (χ4v) is 5.23. The average molecular weight is 442 g/mol. The largest absolute Gasteiger partial charge is 0.454 e. The summed E-state index contributed by atoms with van der Waals surface area (Å²) in [6.45, 7) is 0.782. The molecule has 2 atom stereocenters. The van der Waals surface area contributed by atoms with E-state index in [0.717, 1.165) is 24.1 Å². The Morgan fingerprint density at radius 2 is 2.10 bits per heavy atom. The van der Waals surface area contributed by atoms with E-state index in [1.807, 2.05) is 30.3 Å². The Hall–Kier alpha value is -2.77. The minimum Gasteiger partial charge on any atom is -0.454 e. The van der Waals surface area contributed by atoms with E-state index in [0.29, 0.717) is 35.1 Å². The fraction of sp³-hybridized carbons (Fsp3) is 0.391. The van der Waals surface area contributed by atoms with E-state index < -0.39 is 5.54 Å². The van der Waals surface area contributed by atoms with Crippen molar-refractivity contribution < 1.29 is 19.1 Å². The number of carbonyl (C=O) groups is 2. The maximum absolute atomic E-state index is 13.8. The third-order valence-electron chi connectivity index (χ3n) is 6.45. The van der Waals surface area contributed by atoms with Crippen LogP contribution in [0.25, 0.3) is 0 Å². The van der Waals surface area contributed by atoms with Crippen LogP contribution in [-0.4, -0.2) is 55.1 Å². The van der Waals surface area contributed by atoms with Gasteiger partial charge in [-0.05, 0) is 37.1 Å². The molecule has 3 heterocycles. The maximum Gasteiger partial charge on any atom is 0.254 e. The third kappa shape index (κ3) is 2.98. The van der Waals surface area contributed by atoms with Gasteiger partial charge in [0.2, 0.25) is 12.7 Å². The van der Waals surface area contributed by atoms with Crippen LogP contribution in [0.4, 0.5) is 5.69 Å². The summed E-state index contributed by atoms with van der Waals surface area (Å²) < 4.78 is 11.5. The molecule has 7 nitrogen and oxygen atoms in total. The first-order valence-corrected chi connectivity index (χ1v) is 10.8. The van der Waals surface area contributed by atoms with Crippen LogP contribution in [0.5, 0.6) is 11.5 Å². The van der Waals surface area contributed by atoms with E-state index in [-0.39, 0.29) is 24.6 Å². The van der Waals surface area contributed by atoms with Crippen molar-refractivity contribution >= 4 is 29.1 Å². The highest BCUT2D eigenvalue weighted by molar-refractivity contribution is 6.31. The number of fused-ring (bicyclic) bond motifs is 2. The molecule has 2 aromatic carbocycles. The topological polar surface area (TPSA) is 71.1 Å². The van der Waals surface area contributed by atoms with Gasteiger partial charge < -0.3 is 19.7 Å². The quantitative estimate of drug-likeness (QED) is 0.788. The second kappa shape index (κ2) is 7.43. The molecule has 8 heteroatoms. The molecule has 0 bridgehead atoms. The number of likely N-dealkylation sites (tertiary alicyclic amines) is 1. The average Bonchev–Trinajstić information content (AvgIpc) is 3.45. The lowest BCUT2D eigenvalue weighted by Crippen LogP contribution is -2.54. The molecule has 5 rings (SSSR count). The summed E-state index contributed by atoms with van der Waals surface area (Å²) >= 11 is 6.40. The lowest BCUT2D eigenvalue weighted by atomic mass is 9.80. The summed E-state index contributed by atoms with van der Waals surface area (Å²) in [5.41, 5.74) is 1.05. The van der Waals surface area contributed by atoms with Gasteiger partial charge in [0.05, 0.1) is 0 Å². The van der Waals surface area contributed by atoms with Crippen molar-refractivity contribution in [2.24, 2.45) is 0 Å². The normalized spacial score (nSPS) is 24.2. The summed E-state index contributed by atoms with van der Waals surface area (Å²) in [7, 11) is 3.51. The van der Waals surface area contributed by atoms with Gasteiger partial charge in [-0.1, -0.05) is 23.7 Å². The van der Waals surface area contributed by atoms with Gasteiger partial charge in [0.15, 0.2) is 17.0 Å². The molecule has 3 aliphatic rings. The Morgan fingerprint density at radius 3 is 2.90 bits per heavy atom. The van der Waals surface area contributed by atoms with Crippen LogP contribution in [0.2, 0.25) is 5.02 Å². The van der Waals surface area contributed by atoms with E-state index in [9.17, 15) is 9.59 Å². The summed E-state index contributed by atoms with van der Waals surface area (Å²) in [6.07, 6.45) is 2.06. The molecule has 1 N–H and O–H groups in total. The van der Waals surface area contributed by atoms with Crippen LogP contribution in [-0.2, 0) is 15.1 Å². The summed E-state index contributed by atoms with van der Waals surface area (Å²) in [5, 5.41) is 3.59. The van der Waals surface area contributed by atoms with E-state index >= 15 is 0 Å². The lowest BCUT2D eigenvalue weighted by molar-refractivity contribution is -0.132. The molecule has 1 saturated heterocycles. The Balaban J connectivity index is 1.73. The van der Waals surface area contributed by atoms with E-state index in [2.05, 4.69) is 10.2 Å². The zero-order valence-electron chi connectivity index (χ0n) is 17.5. The van der Waals surface area contributed by atoms with E-state index in [4.69, 9.17) is 21.1 Å². The molecule has 0 radical (unpaired) electrons. The number of hydrogen-bond acceptors (Lipinski definition) is 5. The standard InChI is InChI=1S/C23H24ClN3O4/c1-26(2)20(28)12-15-5-4-10-27(15)23(16-6-3-7-19-21(16)31-13-30-19)17-11-14(24)8-9-18(17)25-22(23)29/h3,6-9,11,15H,4-5,10,12-13H2,1-2H3,(H,25,29)/t15-,23?/m0/s1. The number of nitrogens with one attached hydrogen (secondary N) is 1. The van der Waals surface area contributed by atoms with Gasteiger partial charge in [0.1, 0.15) is 0 Å². The van der Waals surface area contributed by atoms with Crippen LogP contribution in [0.1, 0.15) is 30.4 Å². The molecule has 1 unspecified atom stereocenters. The maximum atomic E-state index is 13.8. The number of ether oxygens (including phenoxy) is 2. The zero-order chi connectivity index (χ0) is 21.8. The van der Waals surface area contributed by atoms with Crippen LogP contribution in [0.3, 0.4) is 0 Å².